The molecule has 0 radical (unpaired) electrons. The van der Waals surface area contributed by atoms with Crippen molar-refractivity contribution in [3.63, 3.8) is 0 Å². The summed E-state index contributed by atoms with van der Waals surface area (Å²) in [5, 5.41) is 23.8. The van der Waals surface area contributed by atoms with Crippen LogP contribution in [0.3, 0.4) is 0 Å². The molecule has 0 bridgehead atoms. The normalized spacial score (nSPS) is 16.1. The molecule has 0 saturated heterocycles. The minimum Gasteiger partial charge on any atom is -0.503 e. The van der Waals surface area contributed by atoms with E-state index in [1.807, 2.05) is 6.07 Å². The number of phenolic OH excluding ortho intramolecular Hbond substituents is 1. The number of anilines is 1. The van der Waals surface area contributed by atoms with Crippen LogP contribution in [0.5, 0.6) is 11.5 Å². The summed E-state index contributed by atoms with van der Waals surface area (Å²) in [6.45, 7) is 0. The number of nitrogens with zero attached hydrogens (tertiary/aromatic N) is 2. The van der Waals surface area contributed by atoms with Crippen molar-refractivity contribution in [1.82, 2.24) is 4.98 Å². The maximum Gasteiger partial charge on any atom is 0.296 e. The first-order valence-electron chi connectivity index (χ1n) is 9.66. The Balaban J connectivity index is 1.70. The van der Waals surface area contributed by atoms with Gasteiger partial charge in [-0.1, -0.05) is 18.2 Å². The van der Waals surface area contributed by atoms with Crippen molar-refractivity contribution in [1.29, 1.82) is 0 Å². The van der Waals surface area contributed by atoms with E-state index in [1.165, 1.54) is 35.6 Å². The molecule has 0 fully saturated rings. The number of ether oxygens (including phenoxy) is 1. The number of aliphatic hydroxyl groups is 1. The van der Waals surface area contributed by atoms with Gasteiger partial charge >= 0.3 is 0 Å². The number of rotatable bonds is 5. The number of Topliss-reactive ketones (excluding diaryl/α,β-unsaturated/α-hetero) is 1. The number of hydrogen-bond donors (Lipinski definition) is 2. The summed E-state index contributed by atoms with van der Waals surface area (Å²) in [6.07, 6.45) is 1.52. The van der Waals surface area contributed by atoms with Crippen molar-refractivity contribution in [2.75, 3.05) is 12.0 Å². The largest absolute Gasteiger partial charge is 0.503 e. The Morgan fingerprint density at radius 2 is 2.03 bits per heavy atom. The number of thiazole rings is 1. The fourth-order valence-corrected chi connectivity index (χ4v) is 4.95. The zero-order chi connectivity index (χ0) is 23.3. The number of furan rings is 1. The minimum atomic E-state index is -1.03. The monoisotopic (exact) mass is 526 g/mol. The maximum atomic E-state index is 13.6. The smallest absolute Gasteiger partial charge is 0.296 e. The van der Waals surface area contributed by atoms with Gasteiger partial charge in [0.15, 0.2) is 28.1 Å². The summed E-state index contributed by atoms with van der Waals surface area (Å²) in [5.41, 5.74) is 0.769. The molecule has 3 heterocycles. The van der Waals surface area contributed by atoms with Crippen molar-refractivity contribution in [3.05, 3.63) is 81.2 Å². The van der Waals surface area contributed by atoms with Crippen molar-refractivity contribution in [3.8, 4) is 11.5 Å². The van der Waals surface area contributed by atoms with Crippen LogP contribution in [0.2, 0.25) is 0 Å². The highest BCUT2D eigenvalue weighted by molar-refractivity contribution is 9.10. The van der Waals surface area contributed by atoms with Crippen molar-refractivity contribution < 1.29 is 29.0 Å². The molecule has 33 heavy (non-hydrogen) atoms. The van der Waals surface area contributed by atoms with Crippen LogP contribution in [0.1, 0.15) is 22.2 Å². The number of fused-ring (bicyclic) bond motifs is 1. The van der Waals surface area contributed by atoms with Crippen molar-refractivity contribution in [2.24, 2.45) is 0 Å². The number of carbonyl (C=O) groups is 2. The molecule has 0 saturated carbocycles. The molecule has 1 aliphatic heterocycles. The summed E-state index contributed by atoms with van der Waals surface area (Å²) in [7, 11) is 1.39. The topological polar surface area (TPSA) is 113 Å². The van der Waals surface area contributed by atoms with E-state index in [0.717, 1.165) is 0 Å². The Morgan fingerprint density at radius 1 is 1.24 bits per heavy atom. The number of amides is 1. The first-order chi connectivity index (χ1) is 15.9. The number of halogens is 1. The van der Waals surface area contributed by atoms with Gasteiger partial charge in [0.05, 0.1) is 23.2 Å². The van der Waals surface area contributed by atoms with Crippen LogP contribution in [-0.2, 0) is 4.79 Å². The summed E-state index contributed by atoms with van der Waals surface area (Å²) in [4.78, 5) is 32.1. The molecular weight excluding hydrogens is 512 g/mol. The number of para-hydroxylation sites is 1. The fraction of sp³-hybridized carbons (Fsp3) is 0.0870. The second-order valence-electron chi connectivity index (χ2n) is 7.19. The second-order valence-corrected chi connectivity index (χ2v) is 8.91. The maximum absolute atomic E-state index is 13.6. The molecule has 1 atom stereocenters. The molecule has 0 spiro atoms. The number of hydrogen-bond acceptors (Lipinski definition) is 8. The lowest BCUT2D eigenvalue weighted by Gasteiger charge is -2.25. The molecule has 2 aromatic carbocycles. The standard InChI is InChI=1S/C23H15BrN2O6S/c1-31-15-10-12(8-13(24)19(15)27)18-17(21(29)22(30)26(18)23-25-6-7-33-23)20(28)16-9-11-4-2-3-5-14(11)32-16/h2-10,18,27,29H,1H3. The Labute approximate surface area is 199 Å². The molecule has 166 valence electrons. The second kappa shape index (κ2) is 8.05. The molecule has 5 rings (SSSR count). The van der Waals surface area contributed by atoms with Gasteiger partial charge in [0, 0.05) is 17.0 Å². The number of aliphatic hydroxyl groups excluding tert-OH is 1. The van der Waals surface area contributed by atoms with Gasteiger partial charge < -0.3 is 19.4 Å². The molecule has 10 heteroatoms. The van der Waals surface area contributed by atoms with E-state index in [4.69, 9.17) is 9.15 Å². The first-order valence-corrected chi connectivity index (χ1v) is 11.3. The molecule has 0 aliphatic carbocycles. The predicted octanol–water partition coefficient (Wildman–Crippen LogP) is 5.15. The quantitative estimate of drug-likeness (QED) is 0.345. The lowest BCUT2D eigenvalue weighted by molar-refractivity contribution is -0.117. The SMILES string of the molecule is COc1cc(C2C(C(=O)c3cc4ccccc4o3)=C(O)C(=O)N2c2nccs2)cc(Br)c1O. The molecule has 1 amide bonds. The summed E-state index contributed by atoms with van der Waals surface area (Å²) < 4.78 is 11.3. The van der Waals surface area contributed by atoms with Crippen molar-refractivity contribution >= 4 is 55.1 Å². The van der Waals surface area contributed by atoms with Crippen LogP contribution in [0.25, 0.3) is 11.0 Å². The molecular formula is C23H15BrN2O6S. The first kappa shape index (κ1) is 21.2. The van der Waals surface area contributed by atoms with E-state index in [9.17, 15) is 19.8 Å². The molecule has 1 unspecified atom stereocenters. The van der Waals surface area contributed by atoms with E-state index in [2.05, 4.69) is 20.9 Å². The number of methoxy groups -OCH3 is 1. The predicted molar refractivity (Wildman–Crippen MR) is 125 cm³/mol. The zero-order valence-corrected chi connectivity index (χ0v) is 19.4. The van der Waals surface area contributed by atoms with Crippen LogP contribution in [0.15, 0.2) is 74.3 Å². The third-order valence-corrected chi connectivity index (χ3v) is 6.69. The van der Waals surface area contributed by atoms with Gasteiger partial charge in [0.25, 0.3) is 5.91 Å². The van der Waals surface area contributed by atoms with Gasteiger partial charge in [-0.15, -0.1) is 11.3 Å². The highest BCUT2D eigenvalue weighted by atomic mass is 79.9. The van der Waals surface area contributed by atoms with Crippen LogP contribution >= 0.6 is 27.3 Å². The van der Waals surface area contributed by atoms with E-state index < -0.39 is 23.5 Å². The number of aromatic hydroxyl groups is 1. The lowest BCUT2D eigenvalue weighted by atomic mass is 9.95. The van der Waals surface area contributed by atoms with Gasteiger partial charge in [0.1, 0.15) is 5.58 Å². The molecule has 4 aromatic rings. The zero-order valence-electron chi connectivity index (χ0n) is 17.0. The Hall–Kier alpha value is -3.63. The Bertz CT molecular complexity index is 1410. The molecule has 8 nitrogen and oxygen atoms in total. The lowest BCUT2D eigenvalue weighted by Crippen LogP contribution is -2.31. The molecule has 1 aliphatic rings. The van der Waals surface area contributed by atoms with Gasteiger partial charge in [-0.3, -0.25) is 14.5 Å². The summed E-state index contributed by atoms with van der Waals surface area (Å²) in [6, 6.07) is 10.7. The highest BCUT2D eigenvalue weighted by Crippen LogP contribution is 2.46. The summed E-state index contributed by atoms with van der Waals surface area (Å²) in [5.74, 6) is -2.11. The summed E-state index contributed by atoms with van der Waals surface area (Å²) >= 11 is 4.46. The van der Waals surface area contributed by atoms with Crippen LogP contribution < -0.4 is 9.64 Å². The average Bonchev–Trinajstić information content (AvgIpc) is 3.54. The van der Waals surface area contributed by atoms with E-state index in [1.54, 1.807) is 35.7 Å². The number of aromatic nitrogens is 1. The Morgan fingerprint density at radius 3 is 2.73 bits per heavy atom. The number of benzene rings is 2. The third kappa shape index (κ3) is 3.38. The highest BCUT2D eigenvalue weighted by Gasteiger charge is 2.46. The minimum absolute atomic E-state index is 0.0126. The van der Waals surface area contributed by atoms with Crippen LogP contribution in [0, 0.1) is 0 Å². The van der Waals surface area contributed by atoms with E-state index >= 15 is 0 Å². The average molecular weight is 527 g/mol. The molecule has 2 N–H and O–H groups in total. The van der Waals surface area contributed by atoms with Gasteiger partial charge in [-0.2, -0.15) is 0 Å². The van der Waals surface area contributed by atoms with Gasteiger partial charge in [-0.05, 0) is 45.8 Å². The van der Waals surface area contributed by atoms with Gasteiger partial charge in [0.2, 0.25) is 5.78 Å². The number of ketones is 1. The number of phenols is 1. The van der Waals surface area contributed by atoms with E-state index in [-0.39, 0.29) is 22.8 Å². The van der Waals surface area contributed by atoms with Crippen molar-refractivity contribution in [2.45, 2.75) is 6.04 Å². The fourth-order valence-electron chi connectivity index (χ4n) is 3.82. The van der Waals surface area contributed by atoms with Crippen LogP contribution in [-0.4, -0.2) is 34.0 Å². The number of carbonyl (C=O) groups excluding carboxylic acids is 2. The molecule has 2 aromatic heterocycles. The van der Waals surface area contributed by atoms with E-state index in [0.29, 0.717) is 26.1 Å². The Kier molecular flexibility index (Phi) is 5.18. The van der Waals surface area contributed by atoms with Gasteiger partial charge in [-0.25, -0.2) is 4.98 Å². The third-order valence-electron chi connectivity index (χ3n) is 5.31. The van der Waals surface area contributed by atoms with Crippen LogP contribution in [0.4, 0.5) is 5.13 Å².